The zero-order valence-electron chi connectivity index (χ0n) is 7.44. The lowest BCUT2D eigenvalue weighted by molar-refractivity contribution is -0.139. The van der Waals surface area contributed by atoms with E-state index in [2.05, 4.69) is 15.9 Å². The molecule has 0 aliphatic heterocycles. The molecule has 1 aromatic carbocycles. The lowest BCUT2D eigenvalue weighted by Crippen LogP contribution is -2.09. The molecule has 0 aliphatic carbocycles. The van der Waals surface area contributed by atoms with E-state index in [0.717, 1.165) is 0 Å². The van der Waals surface area contributed by atoms with Crippen LogP contribution < -0.4 is 4.74 Å². The Hall–Kier alpha value is -1.56. The van der Waals surface area contributed by atoms with Crippen LogP contribution in [0.25, 0.3) is 0 Å². The second-order valence-corrected chi connectivity index (χ2v) is 3.58. The Morgan fingerprint density at radius 3 is 2.47 bits per heavy atom. The van der Waals surface area contributed by atoms with E-state index in [4.69, 9.17) is 14.9 Å². The lowest BCUT2D eigenvalue weighted by atomic mass is 10.2. The normalized spacial score (nSPS) is 9.67. The third kappa shape index (κ3) is 3.59. The second kappa shape index (κ2) is 4.79. The zero-order chi connectivity index (χ0) is 11.4. The Labute approximate surface area is 93.4 Å². The number of carboxylic acid groups (broad SMARTS) is 2. The van der Waals surface area contributed by atoms with Gasteiger partial charge in [-0.05, 0) is 18.2 Å². The fourth-order valence-electron chi connectivity index (χ4n) is 0.915. The number of rotatable bonds is 4. The first-order valence-electron chi connectivity index (χ1n) is 3.87. The van der Waals surface area contributed by atoms with Gasteiger partial charge in [0.2, 0.25) is 0 Å². The number of hydrogen-bond donors (Lipinski definition) is 2. The largest absolute Gasteiger partial charge is 0.482 e. The van der Waals surface area contributed by atoms with E-state index >= 15 is 0 Å². The number of hydrogen-bond acceptors (Lipinski definition) is 3. The molecule has 15 heavy (non-hydrogen) atoms. The van der Waals surface area contributed by atoms with Crippen LogP contribution in [0.15, 0.2) is 22.7 Å². The van der Waals surface area contributed by atoms with Crippen molar-refractivity contribution in [3.8, 4) is 5.75 Å². The van der Waals surface area contributed by atoms with E-state index < -0.39 is 18.5 Å². The molecule has 0 heterocycles. The van der Waals surface area contributed by atoms with Crippen molar-refractivity contribution in [3.05, 3.63) is 28.2 Å². The van der Waals surface area contributed by atoms with Crippen LogP contribution in [-0.2, 0) is 4.79 Å². The Balaban J connectivity index is 2.88. The van der Waals surface area contributed by atoms with Crippen molar-refractivity contribution in [1.29, 1.82) is 0 Å². The van der Waals surface area contributed by atoms with E-state index in [-0.39, 0.29) is 11.3 Å². The van der Waals surface area contributed by atoms with Crippen molar-refractivity contribution in [1.82, 2.24) is 0 Å². The summed E-state index contributed by atoms with van der Waals surface area (Å²) in [5.74, 6) is -2.02. The summed E-state index contributed by atoms with van der Waals surface area (Å²) >= 11 is 3.10. The van der Waals surface area contributed by atoms with Gasteiger partial charge in [0.15, 0.2) is 6.61 Å². The smallest absolute Gasteiger partial charge is 0.341 e. The highest BCUT2D eigenvalue weighted by atomic mass is 79.9. The summed E-state index contributed by atoms with van der Waals surface area (Å²) < 4.78 is 5.36. The molecule has 0 radical (unpaired) electrons. The molecule has 0 unspecified atom stereocenters. The van der Waals surface area contributed by atoms with Crippen molar-refractivity contribution in [3.63, 3.8) is 0 Å². The number of benzene rings is 1. The van der Waals surface area contributed by atoms with Crippen molar-refractivity contribution in [2.24, 2.45) is 0 Å². The summed E-state index contributed by atoms with van der Waals surface area (Å²) in [6.07, 6.45) is 0. The first-order valence-corrected chi connectivity index (χ1v) is 4.67. The van der Waals surface area contributed by atoms with Gasteiger partial charge in [0.05, 0.1) is 5.56 Å². The molecule has 0 amide bonds. The van der Waals surface area contributed by atoms with Gasteiger partial charge < -0.3 is 14.9 Å². The lowest BCUT2D eigenvalue weighted by Gasteiger charge is -2.04. The molecule has 0 atom stereocenters. The van der Waals surface area contributed by atoms with E-state index in [0.29, 0.717) is 4.47 Å². The monoisotopic (exact) mass is 274 g/mol. The third-order valence-corrected chi connectivity index (χ3v) is 1.94. The Bertz CT molecular complexity index is 401. The average Bonchev–Trinajstić information content (AvgIpc) is 2.13. The molecule has 6 heteroatoms. The quantitative estimate of drug-likeness (QED) is 0.872. The van der Waals surface area contributed by atoms with Gasteiger partial charge in [-0.3, -0.25) is 0 Å². The first kappa shape index (κ1) is 11.5. The number of carboxylic acids is 2. The topological polar surface area (TPSA) is 83.8 Å². The molecule has 80 valence electrons. The van der Waals surface area contributed by atoms with Crippen molar-refractivity contribution in [2.45, 2.75) is 0 Å². The highest BCUT2D eigenvalue weighted by molar-refractivity contribution is 9.10. The van der Waals surface area contributed by atoms with E-state index in [1.807, 2.05) is 0 Å². The number of aromatic carboxylic acids is 1. The molecular weight excluding hydrogens is 268 g/mol. The average molecular weight is 275 g/mol. The number of aliphatic carboxylic acids is 1. The second-order valence-electron chi connectivity index (χ2n) is 2.66. The predicted molar refractivity (Wildman–Crippen MR) is 54.2 cm³/mol. The Kier molecular flexibility index (Phi) is 3.68. The summed E-state index contributed by atoms with van der Waals surface area (Å²) in [5, 5.41) is 17.1. The highest BCUT2D eigenvalue weighted by Gasteiger charge is 2.07. The maximum Gasteiger partial charge on any atom is 0.341 e. The molecule has 1 aromatic rings. The summed E-state index contributed by atoms with van der Waals surface area (Å²) in [6, 6.07) is 4.15. The number of halogens is 1. The zero-order valence-corrected chi connectivity index (χ0v) is 9.02. The van der Waals surface area contributed by atoms with Gasteiger partial charge >= 0.3 is 11.9 Å². The van der Waals surface area contributed by atoms with E-state index in [9.17, 15) is 9.59 Å². The summed E-state index contributed by atoms with van der Waals surface area (Å²) in [7, 11) is 0. The fraction of sp³-hybridized carbons (Fsp3) is 0.111. The summed E-state index contributed by atoms with van der Waals surface area (Å²) in [6.45, 7) is -0.504. The van der Waals surface area contributed by atoms with Crippen LogP contribution in [0, 0.1) is 0 Å². The minimum Gasteiger partial charge on any atom is -0.482 e. The molecule has 2 N–H and O–H groups in total. The van der Waals surface area contributed by atoms with Gasteiger partial charge in [-0.15, -0.1) is 0 Å². The standard InChI is InChI=1S/C9H7BrO5/c10-6-1-5(9(13)14)2-7(3-6)15-4-8(11)12/h1-3H,4H2,(H,11,12)(H,13,14). The highest BCUT2D eigenvalue weighted by Crippen LogP contribution is 2.21. The molecule has 0 bridgehead atoms. The van der Waals surface area contributed by atoms with Crippen molar-refractivity contribution in [2.75, 3.05) is 6.61 Å². The Morgan fingerprint density at radius 2 is 1.93 bits per heavy atom. The van der Waals surface area contributed by atoms with Gasteiger partial charge in [-0.1, -0.05) is 15.9 Å². The fourth-order valence-corrected chi connectivity index (χ4v) is 1.39. The molecule has 0 fully saturated rings. The maximum atomic E-state index is 10.7. The molecule has 0 aliphatic rings. The molecular formula is C9H7BrO5. The molecule has 0 aromatic heterocycles. The van der Waals surface area contributed by atoms with E-state index in [1.54, 1.807) is 0 Å². The van der Waals surface area contributed by atoms with Crippen LogP contribution in [0.2, 0.25) is 0 Å². The third-order valence-electron chi connectivity index (χ3n) is 1.48. The van der Waals surface area contributed by atoms with Crippen LogP contribution in [0.5, 0.6) is 5.75 Å². The number of carbonyl (C=O) groups is 2. The molecule has 0 saturated carbocycles. The minimum absolute atomic E-state index is 0.0322. The van der Waals surface area contributed by atoms with Gasteiger partial charge in [0, 0.05) is 4.47 Å². The molecule has 0 spiro atoms. The Morgan fingerprint density at radius 1 is 1.27 bits per heavy atom. The van der Waals surface area contributed by atoms with Gasteiger partial charge in [-0.25, -0.2) is 9.59 Å². The predicted octanol–water partition coefficient (Wildman–Crippen LogP) is 1.61. The van der Waals surface area contributed by atoms with Gasteiger partial charge in [-0.2, -0.15) is 0 Å². The van der Waals surface area contributed by atoms with Gasteiger partial charge in [0.25, 0.3) is 0 Å². The first-order chi connectivity index (χ1) is 6.99. The molecule has 0 saturated heterocycles. The number of ether oxygens (including phenoxy) is 1. The van der Waals surface area contributed by atoms with Crippen LogP contribution in [-0.4, -0.2) is 28.8 Å². The SMILES string of the molecule is O=C(O)COc1cc(Br)cc(C(=O)O)c1. The molecule has 1 rings (SSSR count). The summed E-state index contributed by atoms with van der Waals surface area (Å²) in [4.78, 5) is 20.9. The molecule has 5 nitrogen and oxygen atoms in total. The maximum absolute atomic E-state index is 10.7. The van der Waals surface area contributed by atoms with Crippen LogP contribution in [0.1, 0.15) is 10.4 Å². The van der Waals surface area contributed by atoms with Gasteiger partial charge in [0.1, 0.15) is 5.75 Å². The van der Waals surface area contributed by atoms with Crippen LogP contribution in [0.3, 0.4) is 0 Å². The van der Waals surface area contributed by atoms with E-state index in [1.165, 1.54) is 18.2 Å². The van der Waals surface area contributed by atoms with Crippen molar-refractivity contribution >= 4 is 27.9 Å². The van der Waals surface area contributed by atoms with Crippen molar-refractivity contribution < 1.29 is 24.5 Å². The van der Waals surface area contributed by atoms with Crippen LogP contribution >= 0.6 is 15.9 Å². The summed E-state index contributed by atoms with van der Waals surface area (Å²) in [5.41, 5.74) is 0.0322. The minimum atomic E-state index is -1.12. The van der Waals surface area contributed by atoms with Crippen LogP contribution in [0.4, 0.5) is 0 Å².